The van der Waals surface area contributed by atoms with Gasteiger partial charge in [-0.25, -0.2) is 4.98 Å². The number of hydrogen-bond acceptors (Lipinski definition) is 4. The minimum atomic E-state index is -0.374. The summed E-state index contributed by atoms with van der Waals surface area (Å²) in [4.78, 5) is 17.0. The Labute approximate surface area is 81.2 Å². The maximum Gasteiger partial charge on any atom is 0.255 e. The van der Waals surface area contributed by atoms with Crippen molar-refractivity contribution in [1.82, 2.24) is 9.88 Å². The predicted molar refractivity (Wildman–Crippen MR) is 50.6 cm³/mol. The van der Waals surface area contributed by atoms with E-state index in [0.717, 1.165) is 0 Å². The number of nitrogens with zero attached hydrogens (tertiary/aromatic N) is 2. The molecule has 0 radical (unpaired) electrons. The lowest BCUT2D eigenvalue weighted by atomic mass is 10.1. The van der Waals surface area contributed by atoms with E-state index in [9.17, 15) is 4.79 Å². The predicted octanol–water partition coefficient (Wildman–Crippen LogP) is -0.520. The molecule has 0 aliphatic carbocycles. The zero-order valence-electron chi connectivity index (χ0n) is 7.55. The first kappa shape index (κ1) is 8.96. The molecular formula is C9H11N3O2. The SMILES string of the molecule is Nc1ccc(C(=O)N2CC(O)C2)cn1. The fourth-order valence-corrected chi connectivity index (χ4v) is 1.34. The molecule has 1 aromatic rings. The molecule has 0 unspecified atom stereocenters. The van der Waals surface area contributed by atoms with Crippen LogP contribution in [0.15, 0.2) is 18.3 Å². The number of anilines is 1. The number of aliphatic hydroxyl groups is 1. The molecule has 0 atom stereocenters. The lowest BCUT2D eigenvalue weighted by Gasteiger charge is -2.35. The van der Waals surface area contributed by atoms with Crippen molar-refractivity contribution in [1.29, 1.82) is 0 Å². The lowest BCUT2D eigenvalue weighted by molar-refractivity contribution is 0.00587. The summed E-state index contributed by atoms with van der Waals surface area (Å²) in [5.74, 6) is 0.285. The van der Waals surface area contributed by atoms with Gasteiger partial charge in [-0.3, -0.25) is 4.79 Å². The fraction of sp³-hybridized carbons (Fsp3) is 0.333. The van der Waals surface area contributed by atoms with Gasteiger partial charge >= 0.3 is 0 Å². The zero-order valence-corrected chi connectivity index (χ0v) is 7.55. The molecule has 1 saturated heterocycles. The van der Waals surface area contributed by atoms with Gasteiger partial charge in [0.2, 0.25) is 0 Å². The number of likely N-dealkylation sites (tertiary alicyclic amines) is 1. The second-order valence-electron chi connectivity index (χ2n) is 3.34. The Hall–Kier alpha value is -1.62. The van der Waals surface area contributed by atoms with Crippen molar-refractivity contribution in [3.05, 3.63) is 23.9 Å². The molecule has 0 aromatic carbocycles. The molecular weight excluding hydrogens is 182 g/mol. The van der Waals surface area contributed by atoms with Gasteiger partial charge in [-0.05, 0) is 12.1 Å². The van der Waals surface area contributed by atoms with E-state index in [-0.39, 0.29) is 12.0 Å². The lowest BCUT2D eigenvalue weighted by Crippen LogP contribution is -2.53. The first-order valence-electron chi connectivity index (χ1n) is 4.35. The highest BCUT2D eigenvalue weighted by Crippen LogP contribution is 2.12. The standard InChI is InChI=1S/C9H11N3O2/c10-8-2-1-6(3-11-8)9(14)12-4-7(13)5-12/h1-3,7,13H,4-5H2,(H2,10,11). The van der Waals surface area contributed by atoms with Crippen LogP contribution < -0.4 is 5.73 Å². The summed E-state index contributed by atoms with van der Waals surface area (Å²) in [5.41, 5.74) is 5.90. The number of hydrogen-bond donors (Lipinski definition) is 2. The highest BCUT2D eigenvalue weighted by atomic mass is 16.3. The summed E-state index contributed by atoms with van der Waals surface area (Å²) in [6.45, 7) is 0.812. The van der Waals surface area contributed by atoms with Crippen molar-refractivity contribution in [3.8, 4) is 0 Å². The van der Waals surface area contributed by atoms with E-state index in [1.54, 1.807) is 17.0 Å². The van der Waals surface area contributed by atoms with Gasteiger partial charge in [0.1, 0.15) is 5.82 Å². The van der Waals surface area contributed by atoms with Crippen LogP contribution in [0.2, 0.25) is 0 Å². The summed E-state index contributed by atoms with van der Waals surface area (Å²) in [6.07, 6.45) is 1.07. The maximum absolute atomic E-state index is 11.6. The van der Waals surface area contributed by atoms with Gasteiger partial charge < -0.3 is 15.7 Å². The number of nitrogen functional groups attached to an aromatic ring is 1. The first-order valence-corrected chi connectivity index (χ1v) is 4.35. The number of aliphatic hydroxyl groups excluding tert-OH is 1. The molecule has 0 saturated carbocycles. The van der Waals surface area contributed by atoms with Crippen LogP contribution in [-0.2, 0) is 0 Å². The second-order valence-corrected chi connectivity index (χ2v) is 3.34. The van der Waals surface area contributed by atoms with Gasteiger partial charge in [-0.15, -0.1) is 0 Å². The number of aromatic nitrogens is 1. The molecule has 14 heavy (non-hydrogen) atoms. The van der Waals surface area contributed by atoms with E-state index in [0.29, 0.717) is 24.5 Å². The third-order valence-corrected chi connectivity index (χ3v) is 2.18. The molecule has 1 aliphatic rings. The van der Waals surface area contributed by atoms with Crippen molar-refractivity contribution in [3.63, 3.8) is 0 Å². The van der Waals surface area contributed by atoms with E-state index in [2.05, 4.69) is 4.98 Å². The monoisotopic (exact) mass is 193 g/mol. The number of pyridine rings is 1. The van der Waals surface area contributed by atoms with Crippen LogP contribution in [0.4, 0.5) is 5.82 Å². The van der Waals surface area contributed by atoms with Gasteiger partial charge in [0.05, 0.1) is 11.7 Å². The molecule has 1 amide bonds. The Kier molecular flexibility index (Phi) is 2.09. The van der Waals surface area contributed by atoms with E-state index >= 15 is 0 Å². The van der Waals surface area contributed by atoms with Crippen LogP contribution in [0.5, 0.6) is 0 Å². The molecule has 74 valence electrons. The van der Waals surface area contributed by atoms with Crippen molar-refractivity contribution in [2.75, 3.05) is 18.8 Å². The number of amides is 1. The van der Waals surface area contributed by atoms with E-state index in [1.165, 1.54) is 6.20 Å². The molecule has 2 heterocycles. The van der Waals surface area contributed by atoms with Gasteiger partial charge in [-0.2, -0.15) is 0 Å². The quantitative estimate of drug-likeness (QED) is 0.629. The first-order chi connectivity index (χ1) is 6.66. The molecule has 1 aromatic heterocycles. The van der Waals surface area contributed by atoms with Crippen LogP contribution in [0.25, 0.3) is 0 Å². The van der Waals surface area contributed by atoms with Crippen molar-refractivity contribution in [2.24, 2.45) is 0 Å². The summed E-state index contributed by atoms with van der Waals surface area (Å²) < 4.78 is 0. The Bertz CT molecular complexity index is 344. The third kappa shape index (κ3) is 1.54. The average Bonchev–Trinajstić information content (AvgIpc) is 2.13. The summed E-state index contributed by atoms with van der Waals surface area (Å²) in [6, 6.07) is 3.22. The van der Waals surface area contributed by atoms with Crippen LogP contribution in [-0.4, -0.2) is 40.1 Å². The molecule has 5 nitrogen and oxygen atoms in total. The largest absolute Gasteiger partial charge is 0.389 e. The van der Waals surface area contributed by atoms with Gasteiger partial charge in [0.15, 0.2) is 0 Å². The van der Waals surface area contributed by atoms with Gasteiger partial charge in [-0.1, -0.05) is 0 Å². The van der Waals surface area contributed by atoms with Crippen molar-refractivity contribution in [2.45, 2.75) is 6.10 Å². The normalized spacial score (nSPS) is 16.5. The van der Waals surface area contributed by atoms with Crippen molar-refractivity contribution < 1.29 is 9.90 Å². The highest BCUT2D eigenvalue weighted by molar-refractivity contribution is 5.94. The molecule has 0 bridgehead atoms. The summed E-state index contributed by atoms with van der Waals surface area (Å²) >= 11 is 0. The fourth-order valence-electron chi connectivity index (χ4n) is 1.34. The third-order valence-electron chi connectivity index (χ3n) is 2.18. The molecule has 1 aliphatic heterocycles. The van der Waals surface area contributed by atoms with Crippen molar-refractivity contribution >= 4 is 11.7 Å². The highest BCUT2D eigenvalue weighted by Gasteiger charge is 2.29. The average molecular weight is 193 g/mol. The Morgan fingerprint density at radius 2 is 2.29 bits per heavy atom. The van der Waals surface area contributed by atoms with Crippen LogP contribution in [0, 0.1) is 0 Å². The number of carbonyl (C=O) groups excluding carboxylic acids is 1. The zero-order chi connectivity index (χ0) is 10.1. The van der Waals surface area contributed by atoms with E-state index in [1.807, 2.05) is 0 Å². The maximum atomic E-state index is 11.6. The Morgan fingerprint density at radius 1 is 1.57 bits per heavy atom. The smallest absolute Gasteiger partial charge is 0.255 e. The van der Waals surface area contributed by atoms with Crippen LogP contribution in [0.1, 0.15) is 10.4 Å². The minimum absolute atomic E-state index is 0.109. The minimum Gasteiger partial charge on any atom is -0.389 e. The Balaban J connectivity index is 2.08. The topological polar surface area (TPSA) is 79.5 Å². The van der Waals surface area contributed by atoms with Gasteiger partial charge in [0.25, 0.3) is 5.91 Å². The molecule has 5 heteroatoms. The summed E-state index contributed by atoms with van der Waals surface area (Å²) in [5, 5.41) is 9.03. The second kappa shape index (κ2) is 3.26. The van der Waals surface area contributed by atoms with Crippen LogP contribution >= 0.6 is 0 Å². The number of nitrogens with two attached hydrogens (primary N) is 1. The number of carbonyl (C=O) groups is 1. The number of β-amino-alcohol motifs (C(OH)–C–C–N with tert-alkyl or cyclic N) is 1. The van der Waals surface area contributed by atoms with Crippen LogP contribution in [0.3, 0.4) is 0 Å². The molecule has 0 spiro atoms. The van der Waals surface area contributed by atoms with E-state index < -0.39 is 0 Å². The molecule has 2 rings (SSSR count). The Morgan fingerprint density at radius 3 is 2.79 bits per heavy atom. The summed E-state index contributed by atoms with van der Waals surface area (Å²) in [7, 11) is 0. The molecule has 3 N–H and O–H groups in total. The van der Waals surface area contributed by atoms with Gasteiger partial charge in [0, 0.05) is 19.3 Å². The van der Waals surface area contributed by atoms with E-state index in [4.69, 9.17) is 10.8 Å². The number of rotatable bonds is 1. The molecule has 1 fully saturated rings.